The minimum atomic E-state index is 0.0321. The number of rotatable bonds is 5. The number of nitrogens with two attached hydrogens (primary N) is 2. The van der Waals surface area contributed by atoms with Crippen molar-refractivity contribution >= 4 is 5.96 Å². The zero-order valence-corrected chi connectivity index (χ0v) is 11.0. The summed E-state index contributed by atoms with van der Waals surface area (Å²) < 4.78 is 5.62. The first-order valence-corrected chi connectivity index (χ1v) is 6.28. The fourth-order valence-corrected chi connectivity index (χ4v) is 1.84. The molecule has 1 aromatic carbocycles. The van der Waals surface area contributed by atoms with Gasteiger partial charge in [-0.3, -0.25) is 0 Å². The first kappa shape index (κ1) is 13.1. The van der Waals surface area contributed by atoms with Crippen LogP contribution in [0.2, 0.25) is 0 Å². The average Bonchev–Trinajstić information content (AvgIpc) is 2.86. The van der Waals surface area contributed by atoms with Crippen LogP contribution in [-0.2, 0) is 13.0 Å². The van der Waals surface area contributed by atoms with Crippen molar-refractivity contribution in [3.05, 3.63) is 41.9 Å². The Morgan fingerprint density at radius 1 is 1.37 bits per heavy atom. The largest absolute Gasteiger partial charge is 0.439 e. The van der Waals surface area contributed by atoms with E-state index >= 15 is 0 Å². The second kappa shape index (κ2) is 6.04. The summed E-state index contributed by atoms with van der Waals surface area (Å²) in [6.45, 7) is 2.42. The van der Waals surface area contributed by atoms with Crippen molar-refractivity contribution < 1.29 is 4.42 Å². The summed E-state index contributed by atoms with van der Waals surface area (Å²) in [6, 6.07) is 8.26. The van der Waals surface area contributed by atoms with Gasteiger partial charge >= 0.3 is 0 Å². The summed E-state index contributed by atoms with van der Waals surface area (Å²) in [5.74, 6) is 1.27. The molecule has 0 atom stereocenters. The summed E-state index contributed by atoms with van der Waals surface area (Å²) in [5.41, 5.74) is 12.9. The maximum absolute atomic E-state index is 5.62. The van der Waals surface area contributed by atoms with Crippen molar-refractivity contribution in [1.82, 2.24) is 4.98 Å². The molecule has 0 amide bonds. The van der Waals surface area contributed by atoms with Crippen LogP contribution in [0.15, 0.2) is 39.9 Å². The van der Waals surface area contributed by atoms with Gasteiger partial charge in [0.2, 0.25) is 5.89 Å². The first-order chi connectivity index (χ1) is 9.19. The molecule has 0 radical (unpaired) electrons. The molecule has 19 heavy (non-hydrogen) atoms. The maximum atomic E-state index is 5.62. The monoisotopic (exact) mass is 258 g/mol. The molecule has 0 saturated carbocycles. The van der Waals surface area contributed by atoms with Gasteiger partial charge in [-0.15, -0.1) is 0 Å². The van der Waals surface area contributed by atoms with E-state index in [4.69, 9.17) is 15.9 Å². The molecule has 5 nitrogen and oxygen atoms in total. The molecule has 0 aliphatic carbocycles. The van der Waals surface area contributed by atoms with Crippen LogP contribution in [0.5, 0.6) is 0 Å². The molecule has 0 unspecified atom stereocenters. The lowest BCUT2D eigenvalue weighted by atomic mass is 10.1. The van der Waals surface area contributed by atoms with Gasteiger partial charge in [0.25, 0.3) is 0 Å². The van der Waals surface area contributed by atoms with Gasteiger partial charge in [-0.2, -0.15) is 0 Å². The van der Waals surface area contributed by atoms with Crippen LogP contribution < -0.4 is 11.5 Å². The van der Waals surface area contributed by atoms with Crippen LogP contribution in [-0.4, -0.2) is 10.9 Å². The third kappa shape index (κ3) is 3.58. The van der Waals surface area contributed by atoms with Crippen molar-refractivity contribution in [2.24, 2.45) is 16.5 Å². The number of aryl methyl sites for hydroxylation is 1. The van der Waals surface area contributed by atoms with Crippen LogP contribution in [0.25, 0.3) is 11.3 Å². The van der Waals surface area contributed by atoms with Gasteiger partial charge in [0, 0.05) is 5.56 Å². The molecule has 0 aliphatic rings. The molecular formula is C14H18N4O. The number of oxazole rings is 1. The van der Waals surface area contributed by atoms with Gasteiger partial charge in [-0.25, -0.2) is 9.98 Å². The van der Waals surface area contributed by atoms with E-state index < -0.39 is 0 Å². The highest BCUT2D eigenvalue weighted by molar-refractivity contribution is 5.75. The van der Waals surface area contributed by atoms with E-state index in [9.17, 15) is 0 Å². The van der Waals surface area contributed by atoms with E-state index in [0.29, 0.717) is 5.89 Å². The summed E-state index contributed by atoms with van der Waals surface area (Å²) in [4.78, 5) is 8.02. The predicted octanol–water partition coefficient (Wildman–Crippen LogP) is 2.07. The molecule has 1 aromatic heterocycles. The molecule has 5 heteroatoms. The highest BCUT2D eigenvalue weighted by atomic mass is 16.4. The summed E-state index contributed by atoms with van der Waals surface area (Å²) in [7, 11) is 0. The molecular weight excluding hydrogens is 240 g/mol. The molecule has 0 fully saturated rings. The molecule has 0 saturated heterocycles. The Labute approximate surface area is 112 Å². The second-order valence-corrected chi connectivity index (χ2v) is 4.31. The topological polar surface area (TPSA) is 90.4 Å². The zero-order valence-electron chi connectivity index (χ0n) is 11.0. The van der Waals surface area contributed by atoms with Crippen LogP contribution in [0, 0.1) is 0 Å². The highest BCUT2D eigenvalue weighted by Gasteiger charge is 2.06. The number of guanidine groups is 1. The molecule has 2 rings (SSSR count). The smallest absolute Gasteiger partial charge is 0.216 e. The molecule has 0 spiro atoms. The zero-order chi connectivity index (χ0) is 13.7. The third-order valence-corrected chi connectivity index (χ3v) is 2.70. The van der Waals surface area contributed by atoms with Gasteiger partial charge in [-0.1, -0.05) is 31.5 Å². The first-order valence-electron chi connectivity index (χ1n) is 6.28. The highest BCUT2D eigenvalue weighted by Crippen LogP contribution is 2.22. The van der Waals surface area contributed by atoms with Gasteiger partial charge in [0.1, 0.15) is 6.54 Å². The Bertz CT molecular complexity index is 570. The summed E-state index contributed by atoms with van der Waals surface area (Å²) in [6.07, 6.45) is 3.88. The molecule has 1 heterocycles. The quantitative estimate of drug-likeness (QED) is 0.634. The normalized spacial score (nSPS) is 10.4. The standard InChI is InChI=1S/C14H18N4O/c1-2-4-10-5-3-6-11(7-10)12-8-17-13(19-12)9-18-14(15)16/h3,5-8H,2,4,9H2,1H3,(H4,15,16,18). The fourth-order valence-electron chi connectivity index (χ4n) is 1.84. The van der Waals surface area contributed by atoms with Gasteiger partial charge in [-0.05, 0) is 18.1 Å². The SMILES string of the molecule is CCCc1cccc(-c2cnc(CN=C(N)N)o2)c1. The van der Waals surface area contributed by atoms with E-state index in [-0.39, 0.29) is 12.5 Å². The number of nitrogens with zero attached hydrogens (tertiary/aromatic N) is 2. The third-order valence-electron chi connectivity index (χ3n) is 2.70. The number of aliphatic imine (C=N–C) groups is 1. The Hall–Kier alpha value is -2.30. The van der Waals surface area contributed by atoms with E-state index in [1.807, 2.05) is 12.1 Å². The number of aromatic nitrogens is 1. The van der Waals surface area contributed by atoms with Crippen LogP contribution in [0.3, 0.4) is 0 Å². The Morgan fingerprint density at radius 2 is 2.21 bits per heavy atom. The average molecular weight is 258 g/mol. The lowest BCUT2D eigenvalue weighted by Crippen LogP contribution is -2.22. The number of hydrogen-bond donors (Lipinski definition) is 2. The number of benzene rings is 1. The Balaban J connectivity index is 2.17. The van der Waals surface area contributed by atoms with Gasteiger partial charge in [0.15, 0.2) is 11.7 Å². The molecule has 0 aliphatic heterocycles. The van der Waals surface area contributed by atoms with Crippen molar-refractivity contribution in [2.45, 2.75) is 26.3 Å². The van der Waals surface area contributed by atoms with Crippen molar-refractivity contribution in [1.29, 1.82) is 0 Å². The molecule has 0 bridgehead atoms. The van der Waals surface area contributed by atoms with E-state index in [2.05, 4.69) is 29.0 Å². The lowest BCUT2D eigenvalue weighted by molar-refractivity contribution is 0.510. The van der Waals surface area contributed by atoms with Crippen molar-refractivity contribution in [2.75, 3.05) is 0 Å². The molecule has 4 N–H and O–H groups in total. The minimum Gasteiger partial charge on any atom is -0.439 e. The van der Waals surface area contributed by atoms with Crippen molar-refractivity contribution in [3.63, 3.8) is 0 Å². The Kier molecular flexibility index (Phi) is 4.18. The molecule has 2 aromatic rings. The van der Waals surface area contributed by atoms with Crippen LogP contribution >= 0.6 is 0 Å². The van der Waals surface area contributed by atoms with Crippen LogP contribution in [0.1, 0.15) is 24.8 Å². The lowest BCUT2D eigenvalue weighted by Gasteiger charge is -2.01. The summed E-state index contributed by atoms with van der Waals surface area (Å²) >= 11 is 0. The van der Waals surface area contributed by atoms with E-state index in [1.54, 1.807) is 6.20 Å². The van der Waals surface area contributed by atoms with Crippen LogP contribution in [0.4, 0.5) is 0 Å². The molecule has 100 valence electrons. The predicted molar refractivity (Wildman–Crippen MR) is 75.4 cm³/mol. The maximum Gasteiger partial charge on any atom is 0.216 e. The van der Waals surface area contributed by atoms with Gasteiger partial charge in [0.05, 0.1) is 6.20 Å². The van der Waals surface area contributed by atoms with Gasteiger partial charge < -0.3 is 15.9 Å². The Morgan fingerprint density at radius 3 is 2.95 bits per heavy atom. The van der Waals surface area contributed by atoms with Crippen molar-refractivity contribution in [3.8, 4) is 11.3 Å². The van der Waals surface area contributed by atoms with E-state index in [0.717, 1.165) is 24.2 Å². The fraction of sp³-hybridized carbons (Fsp3) is 0.286. The summed E-state index contributed by atoms with van der Waals surface area (Å²) in [5, 5.41) is 0. The minimum absolute atomic E-state index is 0.0321. The van der Waals surface area contributed by atoms with E-state index in [1.165, 1.54) is 5.56 Å². The number of hydrogen-bond acceptors (Lipinski definition) is 3. The second-order valence-electron chi connectivity index (χ2n) is 4.31.